The zero-order chi connectivity index (χ0) is 45.2. The number of aromatic nitrogens is 2. The van der Waals surface area contributed by atoms with Crippen molar-refractivity contribution in [2.75, 3.05) is 45.7 Å². The topological polar surface area (TPSA) is 132 Å². The fourth-order valence-corrected chi connectivity index (χ4v) is 8.40. The maximum Gasteiger partial charge on any atom is 0.219 e. The van der Waals surface area contributed by atoms with Crippen molar-refractivity contribution in [2.45, 2.75) is 52.6 Å². The molecule has 8 rings (SSSR count). The van der Waals surface area contributed by atoms with Crippen molar-refractivity contribution in [3.63, 3.8) is 0 Å². The average molecular weight is 1130 g/mol. The normalized spacial score (nSPS) is 12.3. The Kier molecular flexibility index (Phi) is 19.7. The summed E-state index contributed by atoms with van der Waals surface area (Å²) in [5.41, 5.74) is 15.3. The summed E-state index contributed by atoms with van der Waals surface area (Å²) < 4.78 is 10.2. The van der Waals surface area contributed by atoms with Gasteiger partial charge in [0.1, 0.15) is 11.5 Å². The van der Waals surface area contributed by atoms with Crippen molar-refractivity contribution in [3.8, 4) is 11.5 Å². The van der Waals surface area contributed by atoms with Crippen molar-refractivity contribution in [3.05, 3.63) is 144 Å². The molecule has 0 fully saturated rings. The second-order valence-electron chi connectivity index (χ2n) is 14.9. The molecule has 4 aromatic carbocycles. The number of methoxy groups -OCH3 is 2. The van der Waals surface area contributed by atoms with Crippen molar-refractivity contribution < 1.29 is 40.1 Å². The minimum Gasteiger partial charge on any atom is -0.495 e. The summed E-state index contributed by atoms with van der Waals surface area (Å²) in [6, 6.07) is 22.4. The van der Waals surface area contributed by atoms with Crippen LogP contribution in [-0.4, -0.2) is 72.0 Å². The monoisotopic (exact) mass is 1120 g/mol. The molecular weight excluding hydrogens is 1080 g/mol. The number of halogens is 4. The van der Waals surface area contributed by atoms with Crippen LogP contribution in [0, 0.1) is 13.1 Å². The molecule has 0 radical (unpaired) electrons. The van der Waals surface area contributed by atoms with Gasteiger partial charge in [-0.2, -0.15) is 0 Å². The Labute approximate surface area is 415 Å². The molecule has 0 spiro atoms. The zero-order valence-corrected chi connectivity index (χ0v) is 42.4. The van der Waals surface area contributed by atoms with Gasteiger partial charge in [-0.15, -0.1) is 12.4 Å². The van der Waals surface area contributed by atoms with Crippen molar-refractivity contribution in [1.29, 1.82) is 0 Å². The van der Waals surface area contributed by atoms with E-state index in [9.17, 15) is 9.59 Å². The standard InChI is InChI=1S/C24H23ClN4O2.C15H12ClN3O.C9H12ClNO.ClH.W/c1-15(30)29-11-9-22-19(14-29)24(18-13-17(26-2)5-6-21(18)28-22)27-10-8-16-4-7-23(31-3)20(25)12-16;1-9(20)19-6-5-14-12(8-19)15(16)11-7-10(17-2)3-4-13(11)18-14;1-12-9-3-2-7(4-5-11)6-8(9)10;;/h4-7,12-13H,8-11,14H2,1,3H3,(H,27,28);3-4,7H,5-6,8H2,1H3;2-3,6H,4-5,11H2,1H3;1H;. The molecule has 17 heteroatoms. The number of carbonyl (C=O) groups excluding carboxylic acids is 2. The van der Waals surface area contributed by atoms with Gasteiger partial charge in [-0.05, 0) is 79.0 Å². The fourth-order valence-electron chi connectivity index (χ4n) is 7.51. The third-order valence-corrected chi connectivity index (χ3v) is 11.9. The summed E-state index contributed by atoms with van der Waals surface area (Å²) in [6.07, 6.45) is 3.05. The van der Waals surface area contributed by atoms with Crippen LogP contribution in [0.25, 0.3) is 31.5 Å². The Bertz CT molecular complexity index is 2780. The molecule has 3 N–H and O–H groups in total. The summed E-state index contributed by atoms with van der Waals surface area (Å²) in [7, 11) is 3.20. The Morgan fingerprint density at radius 2 is 1.20 bits per heavy atom. The van der Waals surface area contributed by atoms with E-state index in [-0.39, 0.29) is 45.3 Å². The summed E-state index contributed by atoms with van der Waals surface area (Å²) in [4.78, 5) is 43.5. The molecule has 2 amide bonds. The SMILES string of the molecule is COc1ccc(CCN)cc1Cl.Cl.[C-]#[N+]c1ccc2nc3c(c(Cl)c2c1)CN(C(C)=O)CC3.[C-]#[N+]c1ccc2nc3c(c(NCCc4ccc(OC)c(Cl)c4)c2c1)CN(C(C)=O)CC3.[W]. The number of amides is 2. The van der Waals surface area contributed by atoms with E-state index in [0.717, 1.165) is 86.8 Å². The molecule has 0 unspecified atom stereocenters. The molecule has 12 nitrogen and oxygen atoms in total. The van der Waals surface area contributed by atoms with Crippen molar-refractivity contribution >= 4 is 97.9 Å². The van der Waals surface area contributed by atoms with E-state index in [2.05, 4.69) is 20.0 Å². The van der Waals surface area contributed by atoms with E-state index in [0.29, 0.717) is 77.2 Å². The first-order chi connectivity index (χ1) is 30.4. The third-order valence-electron chi connectivity index (χ3n) is 10.9. The number of pyridine rings is 2. The average Bonchev–Trinajstić information content (AvgIpc) is 3.29. The van der Waals surface area contributed by atoms with Gasteiger partial charge >= 0.3 is 0 Å². The smallest absolute Gasteiger partial charge is 0.219 e. The molecular formula is C48H48Cl4N8O4W. The number of benzene rings is 4. The Morgan fingerprint density at radius 3 is 1.68 bits per heavy atom. The molecule has 0 saturated heterocycles. The van der Waals surface area contributed by atoms with E-state index in [1.807, 2.05) is 59.5 Å². The van der Waals surface area contributed by atoms with Crippen LogP contribution in [-0.2, 0) is 69.4 Å². The molecule has 2 aliphatic heterocycles. The van der Waals surface area contributed by atoms with Crippen LogP contribution in [0.4, 0.5) is 17.1 Å². The second kappa shape index (κ2) is 24.4. The number of carbonyl (C=O) groups is 2. The van der Waals surface area contributed by atoms with Crippen molar-refractivity contribution in [1.82, 2.24) is 19.8 Å². The second-order valence-corrected chi connectivity index (χ2v) is 16.1. The quantitative estimate of drug-likeness (QED) is 0.144. The number of nitrogens with two attached hydrogens (primary N) is 1. The van der Waals surface area contributed by atoms with Gasteiger partial charge in [0.05, 0.1) is 53.5 Å². The maximum absolute atomic E-state index is 12.0. The number of nitrogens with zero attached hydrogens (tertiary/aromatic N) is 6. The van der Waals surface area contributed by atoms with Crippen LogP contribution in [0.15, 0.2) is 72.8 Å². The minimum absolute atomic E-state index is 0. The first-order valence-electron chi connectivity index (χ1n) is 20.3. The van der Waals surface area contributed by atoms with Gasteiger partial charge in [-0.25, -0.2) is 9.69 Å². The largest absolute Gasteiger partial charge is 0.495 e. The Morgan fingerprint density at radius 1 is 0.723 bits per heavy atom. The molecule has 0 atom stereocenters. The summed E-state index contributed by atoms with van der Waals surface area (Å²) in [5.74, 6) is 1.46. The molecule has 2 aliphatic rings. The molecule has 4 heterocycles. The molecule has 0 aliphatic carbocycles. The number of rotatable bonds is 8. The van der Waals surface area contributed by atoms with Gasteiger partial charge < -0.3 is 30.3 Å². The summed E-state index contributed by atoms with van der Waals surface area (Å²) in [6.45, 7) is 21.3. The number of ether oxygens (including phenoxy) is 2. The van der Waals surface area contributed by atoms with Crippen molar-refractivity contribution in [2.24, 2.45) is 5.73 Å². The van der Waals surface area contributed by atoms with Gasteiger partial charge in [0.15, 0.2) is 11.4 Å². The number of hydrogen-bond donors (Lipinski definition) is 2. The molecule has 6 aromatic rings. The number of hydrogen-bond acceptors (Lipinski definition) is 8. The van der Waals surface area contributed by atoms with Gasteiger partial charge in [0.25, 0.3) is 0 Å². The number of fused-ring (bicyclic) bond motifs is 4. The van der Waals surface area contributed by atoms with Crippen LogP contribution in [0.2, 0.25) is 15.1 Å². The van der Waals surface area contributed by atoms with E-state index >= 15 is 0 Å². The number of anilines is 1. The summed E-state index contributed by atoms with van der Waals surface area (Å²) >= 11 is 18.6. The Hall–Kier alpha value is -5.17. The van der Waals surface area contributed by atoms with Gasteiger partial charge in [0.2, 0.25) is 11.8 Å². The maximum atomic E-state index is 12.0. The van der Waals surface area contributed by atoms with Crippen LogP contribution < -0.4 is 20.5 Å². The van der Waals surface area contributed by atoms with E-state index < -0.39 is 0 Å². The first-order valence-corrected chi connectivity index (χ1v) is 21.4. The fraction of sp³-hybridized carbons (Fsp3) is 0.292. The van der Waals surface area contributed by atoms with Gasteiger partial charge in [-0.3, -0.25) is 19.6 Å². The van der Waals surface area contributed by atoms with Gasteiger partial charge in [-0.1, -0.05) is 59.1 Å². The summed E-state index contributed by atoms with van der Waals surface area (Å²) in [5, 5.41) is 7.10. The van der Waals surface area contributed by atoms with E-state index in [4.69, 9.17) is 68.1 Å². The molecule has 0 bridgehead atoms. The first kappa shape index (κ1) is 52.5. The third kappa shape index (κ3) is 12.8. The Balaban J connectivity index is 0.000000233. The predicted molar refractivity (Wildman–Crippen MR) is 259 cm³/mol. The van der Waals surface area contributed by atoms with Gasteiger partial charge in [0, 0.05) is 119 Å². The molecule has 338 valence electrons. The van der Waals surface area contributed by atoms with E-state index in [1.54, 1.807) is 51.2 Å². The molecule has 0 saturated carbocycles. The molecule has 2 aromatic heterocycles. The molecule has 65 heavy (non-hydrogen) atoms. The van der Waals surface area contributed by atoms with Crippen LogP contribution in [0.5, 0.6) is 11.5 Å². The number of nitrogens with one attached hydrogen (secondary N) is 1. The minimum atomic E-state index is 0. The van der Waals surface area contributed by atoms with Crippen LogP contribution in [0.1, 0.15) is 47.5 Å². The zero-order valence-electron chi connectivity index (χ0n) is 36.3. The van der Waals surface area contributed by atoms with E-state index in [1.165, 1.54) is 0 Å². The predicted octanol–water partition coefficient (Wildman–Crippen LogP) is 10.6. The van der Waals surface area contributed by atoms with Crippen LogP contribution in [0.3, 0.4) is 0 Å². The van der Waals surface area contributed by atoms with Crippen LogP contribution >= 0.6 is 47.2 Å².